The third-order valence-electron chi connectivity index (χ3n) is 4.55. The van der Waals surface area contributed by atoms with Crippen LogP contribution in [0, 0.1) is 0 Å². The van der Waals surface area contributed by atoms with Gasteiger partial charge in [0.25, 0.3) is 0 Å². The summed E-state index contributed by atoms with van der Waals surface area (Å²) in [7, 11) is 1.62. The van der Waals surface area contributed by atoms with Crippen LogP contribution >= 0.6 is 22.9 Å². The van der Waals surface area contributed by atoms with E-state index in [2.05, 4.69) is 5.32 Å². The van der Waals surface area contributed by atoms with Gasteiger partial charge in [0, 0.05) is 27.8 Å². The fourth-order valence-corrected chi connectivity index (χ4v) is 4.51. The average Bonchev–Trinajstić information content (AvgIpc) is 3.13. The maximum atomic E-state index is 12.2. The highest BCUT2D eigenvalue weighted by Gasteiger charge is 2.30. The third kappa shape index (κ3) is 3.66. The SMILES string of the molecule is COc1cccc([C@H]2CC(=O)Nc3ccsc32)c1OCc1cccc(Cl)c1. The first-order valence-electron chi connectivity index (χ1n) is 8.57. The lowest BCUT2D eigenvalue weighted by atomic mass is 9.89. The first-order chi connectivity index (χ1) is 13.2. The minimum atomic E-state index is -0.0572. The lowest BCUT2D eigenvalue weighted by Crippen LogP contribution is -2.22. The molecule has 1 N–H and O–H groups in total. The van der Waals surface area contributed by atoms with Gasteiger partial charge >= 0.3 is 0 Å². The molecule has 0 fully saturated rings. The molecule has 4 nitrogen and oxygen atoms in total. The Hall–Kier alpha value is -2.50. The molecule has 1 atom stereocenters. The molecule has 3 aromatic rings. The molecule has 0 aliphatic carbocycles. The highest BCUT2D eigenvalue weighted by Crippen LogP contribution is 2.46. The number of fused-ring (bicyclic) bond motifs is 1. The molecule has 4 rings (SSSR count). The summed E-state index contributed by atoms with van der Waals surface area (Å²) in [6, 6.07) is 15.3. The van der Waals surface area contributed by atoms with Gasteiger partial charge in [-0.1, -0.05) is 35.9 Å². The van der Waals surface area contributed by atoms with Crippen molar-refractivity contribution in [2.24, 2.45) is 0 Å². The molecule has 0 saturated carbocycles. The van der Waals surface area contributed by atoms with Crippen molar-refractivity contribution in [3.63, 3.8) is 0 Å². The van der Waals surface area contributed by atoms with Crippen LogP contribution in [0.3, 0.4) is 0 Å². The van der Waals surface area contributed by atoms with Crippen molar-refractivity contribution in [1.82, 2.24) is 0 Å². The van der Waals surface area contributed by atoms with Gasteiger partial charge in [0.15, 0.2) is 11.5 Å². The summed E-state index contributed by atoms with van der Waals surface area (Å²) in [5.74, 6) is 1.27. The Kier molecular flexibility index (Phi) is 5.05. The van der Waals surface area contributed by atoms with Crippen LogP contribution in [0.25, 0.3) is 0 Å². The van der Waals surface area contributed by atoms with Gasteiger partial charge in [-0.2, -0.15) is 0 Å². The molecule has 1 amide bonds. The van der Waals surface area contributed by atoms with Gasteiger partial charge in [-0.25, -0.2) is 0 Å². The number of amides is 1. The molecular weight excluding hydrogens is 382 g/mol. The van der Waals surface area contributed by atoms with Gasteiger partial charge in [0.05, 0.1) is 12.8 Å². The summed E-state index contributed by atoms with van der Waals surface area (Å²) in [6.07, 6.45) is 0.383. The van der Waals surface area contributed by atoms with Gasteiger partial charge in [0.2, 0.25) is 5.91 Å². The fraction of sp³-hybridized carbons (Fsp3) is 0.190. The third-order valence-corrected chi connectivity index (χ3v) is 5.82. The van der Waals surface area contributed by atoms with E-state index in [9.17, 15) is 4.79 Å². The number of carbonyl (C=O) groups excluding carboxylic acids is 1. The summed E-state index contributed by atoms with van der Waals surface area (Å²) >= 11 is 7.72. The Balaban J connectivity index is 1.71. The Morgan fingerprint density at radius 2 is 2.07 bits per heavy atom. The first kappa shape index (κ1) is 17.9. The molecule has 0 bridgehead atoms. The quantitative estimate of drug-likeness (QED) is 0.619. The number of hydrogen-bond acceptors (Lipinski definition) is 4. The zero-order valence-corrected chi connectivity index (χ0v) is 16.3. The zero-order valence-electron chi connectivity index (χ0n) is 14.7. The number of nitrogens with one attached hydrogen (secondary N) is 1. The van der Waals surface area contributed by atoms with E-state index in [-0.39, 0.29) is 11.8 Å². The van der Waals surface area contributed by atoms with Crippen LogP contribution in [0.5, 0.6) is 11.5 Å². The molecule has 0 radical (unpaired) electrons. The van der Waals surface area contributed by atoms with Crippen molar-refractivity contribution in [3.8, 4) is 11.5 Å². The number of hydrogen-bond donors (Lipinski definition) is 1. The second kappa shape index (κ2) is 7.62. The van der Waals surface area contributed by atoms with Crippen molar-refractivity contribution < 1.29 is 14.3 Å². The number of rotatable bonds is 5. The topological polar surface area (TPSA) is 47.6 Å². The largest absolute Gasteiger partial charge is 0.493 e. The summed E-state index contributed by atoms with van der Waals surface area (Å²) in [5, 5.41) is 5.60. The molecule has 1 aliphatic rings. The highest BCUT2D eigenvalue weighted by molar-refractivity contribution is 7.10. The zero-order chi connectivity index (χ0) is 18.8. The van der Waals surface area contributed by atoms with Gasteiger partial charge in [-0.15, -0.1) is 11.3 Å². The standard InChI is InChI=1S/C21H18ClNO3S/c1-25-18-7-3-6-15(16-11-19(24)23-17-8-9-27-21(16)17)20(18)26-12-13-4-2-5-14(22)10-13/h2-10,16H,11-12H2,1H3,(H,23,24)/t16-/m1/s1. The Morgan fingerprint density at radius 3 is 2.89 bits per heavy atom. The predicted molar refractivity (Wildman–Crippen MR) is 108 cm³/mol. The minimum absolute atomic E-state index is 0.00881. The number of ether oxygens (including phenoxy) is 2. The number of carbonyl (C=O) groups is 1. The second-order valence-electron chi connectivity index (χ2n) is 6.30. The summed E-state index contributed by atoms with van der Waals surface area (Å²) in [5.41, 5.74) is 2.80. The van der Waals surface area contributed by atoms with Crippen molar-refractivity contribution >= 4 is 34.5 Å². The van der Waals surface area contributed by atoms with Crippen LogP contribution in [0.2, 0.25) is 5.02 Å². The number of benzene rings is 2. The van der Waals surface area contributed by atoms with Crippen LogP contribution in [0.4, 0.5) is 5.69 Å². The van der Waals surface area contributed by atoms with Crippen molar-refractivity contribution in [2.45, 2.75) is 18.9 Å². The second-order valence-corrected chi connectivity index (χ2v) is 7.68. The molecule has 0 unspecified atom stereocenters. The summed E-state index contributed by atoms with van der Waals surface area (Å²) in [6.45, 7) is 0.365. The van der Waals surface area contributed by atoms with E-state index in [0.717, 1.165) is 21.7 Å². The van der Waals surface area contributed by atoms with Crippen LogP contribution in [0.1, 0.15) is 28.3 Å². The van der Waals surface area contributed by atoms with Gasteiger partial charge in [0.1, 0.15) is 6.61 Å². The lowest BCUT2D eigenvalue weighted by Gasteiger charge is -2.25. The van der Waals surface area contributed by atoms with E-state index in [1.54, 1.807) is 18.4 Å². The molecule has 138 valence electrons. The summed E-state index contributed by atoms with van der Waals surface area (Å²) in [4.78, 5) is 13.3. The lowest BCUT2D eigenvalue weighted by molar-refractivity contribution is -0.116. The first-order valence-corrected chi connectivity index (χ1v) is 9.83. The monoisotopic (exact) mass is 399 g/mol. The Labute approximate surface area is 166 Å². The number of methoxy groups -OCH3 is 1. The van der Waals surface area contributed by atoms with Crippen LogP contribution < -0.4 is 14.8 Å². The molecule has 1 aliphatic heterocycles. The maximum Gasteiger partial charge on any atom is 0.225 e. The van der Waals surface area contributed by atoms with Crippen LogP contribution in [-0.4, -0.2) is 13.0 Å². The number of anilines is 1. The van der Waals surface area contributed by atoms with Gasteiger partial charge < -0.3 is 14.8 Å². The van der Waals surface area contributed by atoms with Crippen molar-refractivity contribution in [1.29, 1.82) is 0 Å². The van der Waals surface area contributed by atoms with Crippen LogP contribution in [0.15, 0.2) is 53.9 Å². The van der Waals surface area contributed by atoms with Crippen molar-refractivity contribution in [3.05, 3.63) is 74.9 Å². The normalized spacial score (nSPS) is 15.8. The molecule has 1 aromatic heterocycles. The molecule has 27 heavy (non-hydrogen) atoms. The Morgan fingerprint density at radius 1 is 1.22 bits per heavy atom. The maximum absolute atomic E-state index is 12.2. The molecule has 2 aromatic carbocycles. The summed E-state index contributed by atoms with van der Waals surface area (Å²) < 4.78 is 11.7. The number of thiophene rings is 1. The number of halogens is 1. The number of para-hydroxylation sites is 1. The molecule has 0 saturated heterocycles. The molecule has 2 heterocycles. The van der Waals surface area contributed by atoms with Crippen molar-refractivity contribution in [2.75, 3.05) is 12.4 Å². The Bertz CT molecular complexity index is 985. The van der Waals surface area contributed by atoms with E-state index >= 15 is 0 Å². The molecule has 6 heteroatoms. The van der Waals surface area contributed by atoms with Gasteiger partial charge in [-0.3, -0.25) is 4.79 Å². The molecule has 0 spiro atoms. The van der Waals surface area contributed by atoms with Gasteiger partial charge in [-0.05, 0) is 35.2 Å². The average molecular weight is 400 g/mol. The fourth-order valence-electron chi connectivity index (χ4n) is 3.33. The van der Waals surface area contributed by atoms with E-state index in [0.29, 0.717) is 29.5 Å². The molecular formula is C21H18ClNO3S. The van der Waals surface area contributed by atoms with Crippen LogP contribution in [-0.2, 0) is 11.4 Å². The van der Waals surface area contributed by atoms with E-state index in [1.165, 1.54) is 0 Å². The smallest absolute Gasteiger partial charge is 0.225 e. The predicted octanol–water partition coefficient (Wildman–Crippen LogP) is 5.46. The minimum Gasteiger partial charge on any atom is -0.493 e. The highest BCUT2D eigenvalue weighted by atomic mass is 35.5. The van der Waals surface area contributed by atoms with E-state index in [4.69, 9.17) is 21.1 Å². The van der Waals surface area contributed by atoms with E-state index < -0.39 is 0 Å². The van der Waals surface area contributed by atoms with E-state index in [1.807, 2.05) is 53.9 Å².